The monoisotopic (exact) mass is 693 g/mol. The summed E-state index contributed by atoms with van der Waals surface area (Å²) in [6, 6.07) is 30.9. The Bertz CT molecular complexity index is 1920. The Morgan fingerprint density at radius 3 is 2.29 bits per heavy atom. The van der Waals surface area contributed by atoms with Crippen LogP contribution >= 0.6 is 0 Å². The fourth-order valence-corrected chi connectivity index (χ4v) is 7.01. The Morgan fingerprint density at radius 2 is 1.59 bits per heavy atom. The van der Waals surface area contributed by atoms with Crippen molar-refractivity contribution in [1.29, 1.82) is 0 Å². The summed E-state index contributed by atoms with van der Waals surface area (Å²) in [7, 11) is 0. The summed E-state index contributed by atoms with van der Waals surface area (Å²) in [4.78, 5) is 25.2. The van der Waals surface area contributed by atoms with Crippen molar-refractivity contribution < 1.29 is 30.0 Å². The number of piperidine rings is 1. The standard InChI is InChI=1S/C40H45N3O5.CH2O2/c1-2-43-23-20-40(21-24-43,30-6-4-3-5-7-30)34-26-29(10-15-35(34)44)19-25-48-31-11-8-28(9-12-31)18-22-41-27-37(46)32-13-16-36(45)39-33(32)14-17-38(47)42-39;2-1-3/h3-17,26,37,41,44-46H,2,18-25,27H2,1H3,(H,42,47);1H,(H,2,3)/t37-;/m0./s1. The fourth-order valence-electron chi connectivity index (χ4n) is 7.01. The second-order valence-corrected chi connectivity index (χ2v) is 12.8. The Morgan fingerprint density at radius 1 is 0.902 bits per heavy atom. The Balaban J connectivity index is 0.00000162. The number of hydrogen-bond donors (Lipinski definition) is 6. The van der Waals surface area contributed by atoms with E-state index in [1.807, 2.05) is 24.3 Å². The number of aliphatic hydroxyl groups excluding tert-OH is 1. The lowest BCUT2D eigenvalue weighted by atomic mass is 9.67. The van der Waals surface area contributed by atoms with Gasteiger partial charge in [0.1, 0.15) is 17.2 Å². The molecule has 1 aliphatic rings. The largest absolute Gasteiger partial charge is 0.508 e. The van der Waals surface area contributed by atoms with Crippen LogP contribution in [0.3, 0.4) is 0 Å². The molecule has 5 aromatic rings. The van der Waals surface area contributed by atoms with Gasteiger partial charge in [-0.15, -0.1) is 0 Å². The highest BCUT2D eigenvalue weighted by molar-refractivity contribution is 5.87. The number of pyridine rings is 1. The topological polar surface area (TPSA) is 155 Å². The van der Waals surface area contributed by atoms with Crippen molar-refractivity contribution >= 4 is 17.4 Å². The molecule has 0 amide bonds. The molecule has 6 rings (SSSR count). The van der Waals surface area contributed by atoms with E-state index in [4.69, 9.17) is 14.6 Å². The van der Waals surface area contributed by atoms with Gasteiger partial charge in [0.15, 0.2) is 0 Å². The molecule has 0 saturated carbocycles. The van der Waals surface area contributed by atoms with Gasteiger partial charge in [-0.05, 0) is 98.0 Å². The number of aromatic amines is 1. The van der Waals surface area contributed by atoms with Crippen LogP contribution in [0.25, 0.3) is 10.9 Å². The van der Waals surface area contributed by atoms with Crippen LogP contribution in [0.2, 0.25) is 0 Å². The van der Waals surface area contributed by atoms with Crippen LogP contribution in [-0.2, 0) is 23.1 Å². The molecule has 2 heterocycles. The maximum absolute atomic E-state index is 11.7. The summed E-state index contributed by atoms with van der Waals surface area (Å²) in [6.45, 7) is 6.56. The van der Waals surface area contributed by atoms with Crippen molar-refractivity contribution in [2.24, 2.45) is 0 Å². The number of aliphatic hydroxyl groups is 1. The van der Waals surface area contributed by atoms with Crippen LogP contribution in [-0.4, -0.2) is 76.1 Å². The molecule has 0 radical (unpaired) electrons. The van der Waals surface area contributed by atoms with E-state index in [0.717, 1.165) is 67.8 Å². The first-order valence-electron chi connectivity index (χ1n) is 17.4. The van der Waals surface area contributed by atoms with Gasteiger partial charge in [-0.2, -0.15) is 0 Å². The summed E-state index contributed by atoms with van der Waals surface area (Å²) in [5.74, 6) is 1.15. The second-order valence-electron chi connectivity index (χ2n) is 12.8. The van der Waals surface area contributed by atoms with Crippen LogP contribution in [0.15, 0.2) is 102 Å². The van der Waals surface area contributed by atoms with Gasteiger partial charge < -0.3 is 40.4 Å². The molecule has 1 aromatic heterocycles. The SMILES string of the molecule is CCN1CCC(c2ccccc2)(c2cc(CCOc3ccc(CCNC[C@H](O)c4ccc(O)c5[nH]c(=O)ccc45)cc3)ccc2O)CC1.O=CO. The van der Waals surface area contributed by atoms with Gasteiger partial charge in [-0.1, -0.05) is 67.6 Å². The van der Waals surface area contributed by atoms with Gasteiger partial charge in [0.25, 0.3) is 6.47 Å². The summed E-state index contributed by atoms with van der Waals surface area (Å²) in [5, 5.41) is 42.8. The molecule has 10 nitrogen and oxygen atoms in total. The zero-order valence-corrected chi connectivity index (χ0v) is 28.9. The fraction of sp³-hybridized carbons (Fsp3) is 0.317. The number of benzene rings is 4. The quantitative estimate of drug-likeness (QED) is 0.0690. The van der Waals surface area contributed by atoms with Crippen molar-refractivity contribution in [3.63, 3.8) is 0 Å². The van der Waals surface area contributed by atoms with E-state index in [0.29, 0.717) is 41.9 Å². The normalized spacial score (nSPS) is 14.7. The van der Waals surface area contributed by atoms with Crippen LogP contribution in [0, 0.1) is 0 Å². The molecule has 0 spiro atoms. The van der Waals surface area contributed by atoms with Crippen molar-refractivity contribution in [1.82, 2.24) is 15.2 Å². The van der Waals surface area contributed by atoms with Crippen molar-refractivity contribution in [2.75, 3.05) is 39.3 Å². The number of likely N-dealkylation sites (tertiary alicyclic amines) is 1. The highest BCUT2D eigenvalue weighted by Gasteiger charge is 2.39. The molecule has 0 bridgehead atoms. The number of H-pyrrole nitrogens is 1. The van der Waals surface area contributed by atoms with E-state index < -0.39 is 6.10 Å². The minimum Gasteiger partial charge on any atom is -0.508 e. The van der Waals surface area contributed by atoms with Crippen LogP contribution in [0.5, 0.6) is 17.2 Å². The molecule has 4 aromatic carbocycles. The molecule has 1 atom stereocenters. The number of nitrogens with zero attached hydrogens (tertiary/aromatic N) is 1. The van der Waals surface area contributed by atoms with Crippen molar-refractivity contribution in [2.45, 2.75) is 44.1 Å². The zero-order chi connectivity index (χ0) is 36.2. The number of carbonyl (C=O) groups is 1. The first-order valence-corrected chi connectivity index (χ1v) is 17.4. The van der Waals surface area contributed by atoms with Gasteiger partial charge >= 0.3 is 0 Å². The first-order chi connectivity index (χ1) is 24.8. The number of fused-ring (bicyclic) bond motifs is 1. The predicted octanol–water partition coefficient (Wildman–Crippen LogP) is 5.53. The first kappa shape index (κ1) is 37.1. The molecular weight excluding hydrogens is 646 g/mol. The number of nitrogens with one attached hydrogen (secondary N) is 2. The number of phenols is 2. The van der Waals surface area contributed by atoms with Crippen molar-refractivity contribution in [3.05, 3.63) is 135 Å². The number of aromatic nitrogens is 1. The van der Waals surface area contributed by atoms with E-state index >= 15 is 0 Å². The van der Waals surface area contributed by atoms with E-state index in [-0.39, 0.29) is 23.2 Å². The van der Waals surface area contributed by atoms with Gasteiger partial charge in [0, 0.05) is 35.4 Å². The maximum atomic E-state index is 11.7. The lowest BCUT2D eigenvalue weighted by Crippen LogP contribution is -2.43. The molecule has 268 valence electrons. The van der Waals surface area contributed by atoms with E-state index in [9.17, 15) is 20.1 Å². The van der Waals surface area contributed by atoms with Crippen molar-refractivity contribution in [3.8, 4) is 17.2 Å². The highest BCUT2D eigenvalue weighted by Crippen LogP contribution is 2.45. The molecule has 1 aliphatic heterocycles. The molecule has 10 heteroatoms. The number of ether oxygens (including phenoxy) is 1. The molecule has 1 fully saturated rings. The Hall–Kier alpha value is -5.16. The highest BCUT2D eigenvalue weighted by atomic mass is 16.5. The van der Waals surface area contributed by atoms with Crippen LogP contribution in [0.4, 0.5) is 0 Å². The molecule has 0 unspecified atom stereocenters. The molecule has 0 aliphatic carbocycles. The van der Waals surface area contributed by atoms with Gasteiger partial charge in [-0.3, -0.25) is 9.59 Å². The van der Waals surface area contributed by atoms with E-state index in [1.165, 1.54) is 17.7 Å². The minimum absolute atomic E-state index is 0.0244. The molecule has 1 saturated heterocycles. The minimum atomic E-state index is -0.794. The third-order valence-electron chi connectivity index (χ3n) is 9.84. The summed E-state index contributed by atoms with van der Waals surface area (Å²) in [5.41, 5.74) is 5.03. The number of rotatable bonds is 13. The van der Waals surface area contributed by atoms with Gasteiger partial charge in [0.05, 0.1) is 18.2 Å². The Kier molecular flexibility index (Phi) is 12.9. The van der Waals surface area contributed by atoms with Gasteiger partial charge in [0.2, 0.25) is 5.56 Å². The van der Waals surface area contributed by atoms with E-state index in [2.05, 4.69) is 70.7 Å². The third kappa shape index (κ3) is 9.15. The predicted molar refractivity (Wildman–Crippen MR) is 199 cm³/mol. The lowest BCUT2D eigenvalue weighted by Gasteiger charge is -2.43. The van der Waals surface area contributed by atoms with Gasteiger partial charge in [-0.25, -0.2) is 0 Å². The average Bonchev–Trinajstić information content (AvgIpc) is 3.15. The van der Waals surface area contributed by atoms with Crippen LogP contribution in [0.1, 0.15) is 53.7 Å². The molecular formula is C41H47N3O7. The second kappa shape index (κ2) is 17.7. The zero-order valence-electron chi connectivity index (χ0n) is 28.9. The molecule has 6 N–H and O–H groups in total. The van der Waals surface area contributed by atoms with Crippen LogP contribution < -0.4 is 15.6 Å². The van der Waals surface area contributed by atoms with E-state index in [1.54, 1.807) is 12.1 Å². The number of carboxylic acid groups (broad SMARTS) is 1. The third-order valence-corrected chi connectivity index (χ3v) is 9.84. The number of phenolic OH excluding ortho intramolecular Hbond substituents is 2. The summed E-state index contributed by atoms with van der Waals surface area (Å²) >= 11 is 0. The number of aromatic hydroxyl groups is 2. The number of hydrogen-bond acceptors (Lipinski definition) is 8. The smallest absolute Gasteiger partial charge is 0.290 e. The Labute approximate surface area is 298 Å². The summed E-state index contributed by atoms with van der Waals surface area (Å²) in [6.07, 6.45) is 2.67. The lowest BCUT2D eigenvalue weighted by molar-refractivity contribution is -0.122. The summed E-state index contributed by atoms with van der Waals surface area (Å²) < 4.78 is 6.12. The maximum Gasteiger partial charge on any atom is 0.290 e. The average molecular weight is 694 g/mol. The molecule has 51 heavy (non-hydrogen) atoms.